The first-order chi connectivity index (χ1) is 17.8. The first-order valence-electron chi connectivity index (χ1n) is 14.3. The molecule has 3 fully saturated rings. The third kappa shape index (κ3) is 6.57. The number of primary amides is 1. The maximum absolute atomic E-state index is 14.0. The normalized spacial score (nSPS) is 26.4. The van der Waals surface area contributed by atoms with Crippen LogP contribution in [0.4, 0.5) is 4.79 Å². The maximum atomic E-state index is 14.0. The Labute approximate surface area is 232 Å². The van der Waals surface area contributed by atoms with E-state index < -0.39 is 47.2 Å². The van der Waals surface area contributed by atoms with Crippen LogP contribution in [0.15, 0.2) is 0 Å². The van der Waals surface area contributed by atoms with Crippen molar-refractivity contribution in [1.29, 1.82) is 0 Å². The van der Waals surface area contributed by atoms with Crippen LogP contribution in [-0.4, -0.2) is 65.1 Å². The highest BCUT2D eigenvalue weighted by molar-refractivity contribution is 6.37. The topological polar surface area (TPSA) is 151 Å². The van der Waals surface area contributed by atoms with Crippen molar-refractivity contribution in [3.63, 3.8) is 0 Å². The average molecular weight is 548 g/mol. The van der Waals surface area contributed by atoms with Crippen LogP contribution in [0.3, 0.4) is 0 Å². The number of fused-ring (bicyclic) bond motifs is 1. The number of carbonyl (C=O) groups excluding carboxylic acids is 5. The third-order valence-corrected chi connectivity index (χ3v) is 9.46. The first kappa shape index (κ1) is 30.9. The Balaban J connectivity index is 1.82. The van der Waals surface area contributed by atoms with E-state index in [4.69, 9.17) is 5.73 Å². The highest BCUT2D eigenvalue weighted by Gasteiger charge is 2.70. The number of amides is 5. The van der Waals surface area contributed by atoms with Gasteiger partial charge in [0.2, 0.25) is 17.6 Å². The van der Waals surface area contributed by atoms with E-state index >= 15 is 0 Å². The highest BCUT2D eigenvalue weighted by atomic mass is 16.2. The van der Waals surface area contributed by atoms with Gasteiger partial charge in [-0.15, -0.1) is 0 Å². The van der Waals surface area contributed by atoms with Crippen LogP contribution in [-0.2, 0) is 19.2 Å². The minimum absolute atomic E-state index is 0.0789. The van der Waals surface area contributed by atoms with Crippen LogP contribution >= 0.6 is 0 Å². The monoisotopic (exact) mass is 547 g/mol. The van der Waals surface area contributed by atoms with Crippen LogP contribution in [0.25, 0.3) is 0 Å². The Morgan fingerprint density at radius 1 is 0.949 bits per heavy atom. The molecule has 10 nitrogen and oxygen atoms in total. The van der Waals surface area contributed by atoms with Crippen LogP contribution in [0.1, 0.15) is 88.0 Å². The molecule has 1 saturated heterocycles. The lowest BCUT2D eigenvalue weighted by Gasteiger charge is -2.38. The van der Waals surface area contributed by atoms with E-state index in [9.17, 15) is 24.0 Å². The molecule has 0 spiro atoms. The zero-order valence-electron chi connectivity index (χ0n) is 25.1. The second kappa shape index (κ2) is 10.7. The number of urea groups is 1. The van der Waals surface area contributed by atoms with Crippen molar-refractivity contribution in [1.82, 2.24) is 20.9 Å². The molecular weight excluding hydrogens is 498 g/mol. The van der Waals surface area contributed by atoms with Crippen molar-refractivity contribution < 1.29 is 24.0 Å². The van der Waals surface area contributed by atoms with Gasteiger partial charge < -0.3 is 26.6 Å². The Hall–Kier alpha value is -2.65. The zero-order valence-corrected chi connectivity index (χ0v) is 25.1. The van der Waals surface area contributed by atoms with E-state index in [1.165, 1.54) is 0 Å². The number of nitrogens with one attached hydrogen (secondary N) is 3. The van der Waals surface area contributed by atoms with Gasteiger partial charge in [-0.2, -0.15) is 0 Å². The number of rotatable bonds is 9. The Kier molecular flexibility index (Phi) is 8.50. The van der Waals surface area contributed by atoms with Crippen LogP contribution in [0, 0.1) is 34.0 Å². The molecule has 5 N–H and O–H groups in total. The first-order valence-corrected chi connectivity index (χ1v) is 14.3. The number of nitrogens with zero attached hydrogens (tertiary/aromatic N) is 1. The van der Waals surface area contributed by atoms with E-state index in [-0.39, 0.29) is 40.5 Å². The summed E-state index contributed by atoms with van der Waals surface area (Å²) in [4.78, 5) is 66.6. The molecule has 0 radical (unpaired) electrons. The predicted molar refractivity (Wildman–Crippen MR) is 148 cm³/mol. The standard InChI is InChI=1S/C29H49N5O5/c1-15(27(2,3)4)31-26(39)33-22(28(5,6)7)25(38)34-14-17-19(29(17,8)9)20(34)24(37)32-18(21(35)23(30)36)13-16-11-10-12-16/h15-20,22H,10-14H2,1-9H3,(H2,30,36)(H,32,37)(H2,31,33,39)/t15-,17+,18?,19+,20+,22-/m1/s1. The van der Waals surface area contributed by atoms with Crippen molar-refractivity contribution in [2.45, 2.75) is 112 Å². The molecule has 0 aromatic rings. The molecule has 5 amide bonds. The molecular formula is C29H49N5O5. The van der Waals surface area contributed by atoms with Gasteiger partial charge in [0.15, 0.2) is 0 Å². The van der Waals surface area contributed by atoms with E-state index in [1.54, 1.807) is 4.90 Å². The van der Waals surface area contributed by atoms with E-state index in [0.717, 1.165) is 19.3 Å². The van der Waals surface area contributed by atoms with Gasteiger partial charge in [0.05, 0.1) is 6.04 Å². The molecule has 220 valence electrons. The lowest BCUT2D eigenvalue weighted by molar-refractivity contribution is -0.145. The molecule has 0 aromatic heterocycles. The van der Waals surface area contributed by atoms with Gasteiger partial charge >= 0.3 is 6.03 Å². The number of carbonyl (C=O) groups is 5. The molecule has 1 heterocycles. The Bertz CT molecular complexity index is 1010. The molecule has 3 rings (SSSR count). The average Bonchev–Trinajstić information content (AvgIpc) is 3.10. The quantitative estimate of drug-likeness (QED) is 0.327. The van der Waals surface area contributed by atoms with Crippen molar-refractivity contribution in [2.24, 2.45) is 39.7 Å². The van der Waals surface area contributed by atoms with Gasteiger partial charge in [0.25, 0.3) is 5.91 Å². The molecule has 1 aliphatic heterocycles. The maximum Gasteiger partial charge on any atom is 0.315 e. The lowest BCUT2D eigenvalue weighted by atomic mass is 9.80. The van der Waals surface area contributed by atoms with Gasteiger partial charge in [-0.3, -0.25) is 19.2 Å². The summed E-state index contributed by atoms with van der Waals surface area (Å²) in [5.41, 5.74) is 4.37. The molecule has 10 heteroatoms. The van der Waals surface area contributed by atoms with E-state index in [1.807, 2.05) is 48.5 Å². The summed E-state index contributed by atoms with van der Waals surface area (Å²) in [6.07, 6.45) is 3.31. The van der Waals surface area contributed by atoms with Crippen molar-refractivity contribution in [2.75, 3.05) is 6.54 Å². The van der Waals surface area contributed by atoms with Gasteiger partial charge in [-0.05, 0) is 47.3 Å². The highest BCUT2D eigenvalue weighted by Crippen LogP contribution is 2.65. The molecule has 1 unspecified atom stereocenters. The molecule has 39 heavy (non-hydrogen) atoms. The van der Waals surface area contributed by atoms with Crippen LogP contribution in [0.2, 0.25) is 0 Å². The Morgan fingerprint density at radius 3 is 2.00 bits per heavy atom. The predicted octanol–water partition coefficient (Wildman–Crippen LogP) is 2.35. The summed E-state index contributed by atoms with van der Waals surface area (Å²) >= 11 is 0. The van der Waals surface area contributed by atoms with Gasteiger partial charge in [0.1, 0.15) is 12.1 Å². The van der Waals surface area contributed by atoms with Gasteiger partial charge in [-0.1, -0.05) is 74.7 Å². The van der Waals surface area contributed by atoms with Gasteiger partial charge in [0, 0.05) is 12.6 Å². The summed E-state index contributed by atoms with van der Waals surface area (Å²) in [5, 5.41) is 8.60. The summed E-state index contributed by atoms with van der Waals surface area (Å²) in [6.45, 7) is 18.1. The second-order valence-corrected chi connectivity index (χ2v) is 14.7. The molecule has 3 aliphatic rings. The fourth-order valence-corrected chi connectivity index (χ4v) is 5.94. The lowest BCUT2D eigenvalue weighted by Crippen LogP contribution is -2.62. The molecule has 0 aromatic carbocycles. The summed E-state index contributed by atoms with van der Waals surface area (Å²) in [5.74, 6) is -2.35. The van der Waals surface area contributed by atoms with Crippen molar-refractivity contribution in [3.05, 3.63) is 0 Å². The summed E-state index contributed by atoms with van der Waals surface area (Å²) < 4.78 is 0. The van der Waals surface area contributed by atoms with E-state index in [2.05, 4.69) is 29.8 Å². The van der Waals surface area contributed by atoms with Crippen molar-refractivity contribution in [3.8, 4) is 0 Å². The smallest absolute Gasteiger partial charge is 0.315 e. The fraction of sp³-hybridized carbons (Fsp3) is 0.828. The zero-order chi connectivity index (χ0) is 29.7. The molecule has 2 aliphatic carbocycles. The van der Waals surface area contributed by atoms with Crippen LogP contribution < -0.4 is 21.7 Å². The summed E-state index contributed by atoms with van der Waals surface area (Å²) in [7, 11) is 0. The van der Waals surface area contributed by atoms with Gasteiger partial charge in [-0.25, -0.2) is 4.79 Å². The number of hydrogen-bond donors (Lipinski definition) is 4. The molecule has 2 saturated carbocycles. The minimum Gasteiger partial charge on any atom is -0.363 e. The number of Topliss-reactive ketones (excluding diaryl/α,β-unsaturated/α-hetero) is 1. The van der Waals surface area contributed by atoms with E-state index in [0.29, 0.717) is 13.0 Å². The number of nitrogens with two attached hydrogens (primary N) is 1. The number of ketones is 1. The Morgan fingerprint density at radius 2 is 1.54 bits per heavy atom. The fourth-order valence-electron chi connectivity index (χ4n) is 5.94. The third-order valence-electron chi connectivity index (χ3n) is 9.46. The largest absolute Gasteiger partial charge is 0.363 e. The second-order valence-electron chi connectivity index (χ2n) is 14.7. The molecule has 0 bridgehead atoms. The molecule has 6 atom stereocenters. The van der Waals surface area contributed by atoms with Crippen LogP contribution in [0.5, 0.6) is 0 Å². The van der Waals surface area contributed by atoms with Crippen molar-refractivity contribution >= 4 is 29.5 Å². The SMILES string of the molecule is C[C@@H](NC(=O)N[C@H](C(=O)N1C[C@H]2[C@@H]([C@H]1C(=O)NC(CC1CCC1)C(=O)C(N)=O)C2(C)C)C(C)(C)C)C(C)(C)C. The number of piperidine rings is 1. The summed E-state index contributed by atoms with van der Waals surface area (Å²) in [6, 6.07) is -3.25. The minimum atomic E-state index is -1.07. The number of hydrogen-bond acceptors (Lipinski definition) is 5. The number of likely N-dealkylation sites (tertiary alicyclic amines) is 1.